The molecule has 1 aliphatic heterocycles. The lowest BCUT2D eigenvalue weighted by atomic mass is 10.0. The quantitative estimate of drug-likeness (QED) is 0.640. The summed E-state index contributed by atoms with van der Waals surface area (Å²) in [5.41, 5.74) is 0. The number of aliphatic hydroxyl groups is 1. The van der Waals surface area contributed by atoms with Crippen LogP contribution in [0, 0.1) is 5.92 Å². The summed E-state index contributed by atoms with van der Waals surface area (Å²) in [5.74, 6) is 0.657. The summed E-state index contributed by atoms with van der Waals surface area (Å²) in [6.07, 6.45) is 4.12. The van der Waals surface area contributed by atoms with Crippen molar-refractivity contribution in [3.05, 3.63) is 0 Å². The third-order valence-corrected chi connectivity index (χ3v) is 3.17. The molecule has 0 bridgehead atoms. The maximum Gasteiger partial charge on any atom is 0.0620 e. The average Bonchev–Trinajstić information content (AvgIpc) is 2.37. The van der Waals surface area contributed by atoms with Gasteiger partial charge in [0.15, 0.2) is 0 Å². The van der Waals surface area contributed by atoms with Gasteiger partial charge in [-0.3, -0.25) is 0 Å². The van der Waals surface area contributed by atoms with Crippen molar-refractivity contribution in [2.45, 2.75) is 38.6 Å². The van der Waals surface area contributed by atoms with Gasteiger partial charge in [0.2, 0.25) is 0 Å². The van der Waals surface area contributed by atoms with E-state index in [0.29, 0.717) is 18.6 Å². The third-order valence-electron chi connectivity index (χ3n) is 3.17. The van der Waals surface area contributed by atoms with Crippen molar-refractivity contribution in [1.29, 1.82) is 0 Å². The molecule has 0 aliphatic carbocycles. The largest absolute Gasteiger partial charge is 0.396 e. The first-order chi connectivity index (χ1) is 8.36. The molecule has 0 aromatic rings. The van der Waals surface area contributed by atoms with E-state index >= 15 is 0 Å². The van der Waals surface area contributed by atoms with Gasteiger partial charge in [-0.1, -0.05) is 6.92 Å². The third kappa shape index (κ3) is 6.99. The fourth-order valence-corrected chi connectivity index (χ4v) is 2.04. The zero-order valence-corrected chi connectivity index (χ0v) is 11.0. The molecular weight excluding hydrogens is 218 g/mol. The maximum absolute atomic E-state index is 8.97. The number of hydrogen-bond donors (Lipinski definition) is 2. The first kappa shape index (κ1) is 14.9. The smallest absolute Gasteiger partial charge is 0.0620 e. The Balaban J connectivity index is 2.07. The molecule has 0 saturated carbocycles. The van der Waals surface area contributed by atoms with E-state index in [0.717, 1.165) is 52.0 Å². The summed E-state index contributed by atoms with van der Waals surface area (Å²) in [6, 6.07) is 0.291. The molecule has 1 unspecified atom stereocenters. The van der Waals surface area contributed by atoms with Crippen LogP contribution in [0.1, 0.15) is 32.6 Å². The van der Waals surface area contributed by atoms with E-state index < -0.39 is 0 Å². The Labute approximate surface area is 105 Å². The van der Waals surface area contributed by atoms with Crippen molar-refractivity contribution in [3.8, 4) is 0 Å². The average molecular weight is 245 g/mol. The number of ether oxygens (including phenoxy) is 2. The molecule has 17 heavy (non-hydrogen) atoms. The summed E-state index contributed by atoms with van der Waals surface area (Å²) >= 11 is 0. The predicted octanol–water partition coefficient (Wildman–Crippen LogP) is 1.18. The highest BCUT2D eigenvalue weighted by molar-refractivity contribution is 4.67. The van der Waals surface area contributed by atoms with Crippen LogP contribution in [0.2, 0.25) is 0 Å². The molecule has 1 rings (SSSR count). The molecule has 0 aromatic carbocycles. The molecular formula is C13H27NO3. The van der Waals surface area contributed by atoms with Gasteiger partial charge in [0.25, 0.3) is 0 Å². The van der Waals surface area contributed by atoms with Crippen LogP contribution in [0.4, 0.5) is 0 Å². The first-order valence-corrected chi connectivity index (χ1v) is 6.86. The predicted molar refractivity (Wildman–Crippen MR) is 68.1 cm³/mol. The highest BCUT2D eigenvalue weighted by atomic mass is 16.5. The Morgan fingerprint density at radius 2 is 2.18 bits per heavy atom. The van der Waals surface area contributed by atoms with E-state index in [-0.39, 0.29) is 6.61 Å². The number of hydrogen-bond acceptors (Lipinski definition) is 4. The molecule has 0 spiro atoms. The zero-order chi connectivity index (χ0) is 12.3. The van der Waals surface area contributed by atoms with Gasteiger partial charge in [-0.05, 0) is 38.1 Å². The molecule has 102 valence electrons. The Morgan fingerprint density at radius 1 is 1.41 bits per heavy atom. The van der Waals surface area contributed by atoms with Gasteiger partial charge < -0.3 is 19.9 Å². The van der Waals surface area contributed by atoms with Gasteiger partial charge >= 0.3 is 0 Å². The van der Waals surface area contributed by atoms with Crippen molar-refractivity contribution < 1.29 is 14.6 Å². The van der Waals surface area contributed by atoms with Crippen LogP contribution in [0.5, 0.6) is 0 Å². The van der Waals surface area contributed by atoms with Crippen molar-refractivity contribution in [2.75, 3.05) is 39.6 Å². The highest BCUT2D eigenvalue weighted by Crippen LogP contribution is 2.14. The minimum atomic E-state index is 0.224. The van der Waals surface area contributed by atoms with E-state index in [9.17, 15) is 0 Å². The highest BCUT2D eigenvalue weighted by Gasteiger charge is 2.15. The minimum Gasteiger partial charge on any atom is -0.396 e. The van der Waals surface area contributed by atoms with E-state index in [2.05, 4.69) is 12.2 Å². The first-order valence-electron chi connectivity index (χ1n) is 6.86. The lowest BCUT2D eigenvalue weighted by Gasteiger charge is -2.23. The van der Waals surface area contributed by atoms with Gasteiger partial charge in [0.05, 0.1) is 6.61 Å². The van der Waals surface area contributed by atoms with Crippen LogP contribution in [0.25, 0.3) is 0 Å². The Bertz CT molecular complexity index is 172. The standard InChI is InChI=1S/C13H27NO3/c1-2-6-14-13(3-7-15)11-17-10-12-4-8-16-9-5-12/h12-15H,2-11H2,1H3. The van der Waals surface area contributed by atoms with Gasteiger partial charge in [0, 0.05) is 32.5 Å². The summed E-state index contributed by atoms with van der Waals surface area (Å²) in [6.45, 7) is 6.65. The van der Waals surface area contributed by atoms with Gasteiger partial charge in [-0.15, -0.1) is 0 Å². The Kier molecular flexibility index (Phi) is 8.61. The van der Waals surface area contributed by atoms with Gasteiger partial charge in [0.1, 0.15) is 0 Å². The molecule has 0 aromatic heterocycles. The zero-order valence-electron chi connectivity index (χ0n) is 11.0. The summed E-state index contributed by atoms with van der Waals surface area (Å²) in [4.78, 5) is 0. The second-order valence-electron chi connectivity index (χ2n) is 4.76. The molecule has 1 saturated heterocycles. The van der Waals surface area contributed by atoms with Crippen molar-refractivity contribution >= 4 is 0 Å². The van der Waals surface area contributed by atoms with Crippen LogP contribution in [0.15, 0.2) is 0 Å². The van der Waals surface area contributed by atoms with Crippen molar-refractivity contribution in [3.63, 3.8) is 0 Å². The molecule has 0 radical (unpaired) electrons. The Hall–Kier alpha value is -0.160. The molecule has 1 heterocycles. The minimum absolute atomic E-state index is 0.224. The van der Waals surface area contributed by atoms with Crippen molar-refractivity contribution in [1.82, 2.24) is 5.32 Å². The van der Waals surface area contributed by atoms with E-state index in [1.54, 1.807) is 0 Å². The maximum atomic E-state index is 8.97. The fourth-order valence-electron chi connectivity index (χ4n) is 2.04. The van der Waals surface area contributed by atoms with Crippen molar-refractivity contribution in [2.24, 2.45) is 5.92 Å². The monoisotopic (exact) mass is 245 g/mol. The summed E-state index contributed by atoms with van der Waals surface area (Å²) in [5, 5.41) is 12.4. The lowest BCUT2D eigenvalue weighted by molar-refractivity contribution is 0.0137. The molecule has 4 heteroatoms. The van der Waals surface area contributed by atoms with Crippen LogP contribution in [-0.2, 0) is 9.47 Å². The van der Waals surface area contributed by atoms with Gasteiger partial charge in [-0.2, -0.15) is 0 Å². The summed E-state index contributed by atoms with van der Waals surface area (Å²) in [7, 11) is 0. The number of nitrogens with one attached hydrogen (secondary N) is 1. The number of rotatable bonds is 9. The molecule has 2 N–H and O–H groups in total. The second kappa shape index (κ2) is 9.83. The normalized spacial score (nSPS) is 19.4. The van der Waals surface area contributed by atoms with Crippen LogP contribution in [-0.4, -0.2) is 50.7 Å². The van der Waals surface area contributed by atoms with E-state index in [1.807, 2.05) is 0 Å². The van der Waals surface area contributed by atoms with Crippen LogP contribution >= 0.6 is 0 Å². The van der Waals surface area contributed by atoms with Gasteiger partial charge in [-0.25, -0.2) is 0 Å². The Morgan fingerprint density at radius 3 is 2.82 bits per heavy atom. The van der Waals surface area contributed by atoms with E-state index in [1.165, 1.54) is 0 Å². The second-order valence-corrected chi connectivity index (χ2v) is 4.76. The molecule has 1 aliphatic rings. The molecule has 0 amide bonds. The van der Waals surface area contributed by atoms with Crippen LogP contribution < -0.4 is 5.32 Å². The molecule has 4 nitrogen and oxygen atoms in total. The van der Waals surface area contributed by atoms with Crippen LogP contribution in [0.3, 0.4) is 0 Å². The fraction of sp³-hybridized carbons (Fsp3) is 1.00. The lowest BCUT2D eigenvalue weighted by Crippen LogP contribution is -2.35. The topological polar surface area (TPSA) is 50.7 Å². The molecule has 1 fully saturated rings. The summed E-state index contributed by atoms with van der Waals surface area (Å²) < 4.78 is 11.1. The van der Waals surface area contributed by atoms with E-state index in [4.69, 9.17) is 14.6 Å². The number of aliphatic hydroxyl groups excluding tert-OH is 1. The molecule has 1 atom stereocenters. The SMILES string of the molecule is CCCNC(CCO)COCC1CCOCC1.